The molecule has 1 saturated carbocycles. The van der Waals surface area contributed by atoms with Gasteiger partial charge in [0.2, 0.25) is 0 Å². The number of hydrogen-bond donors (Lipinski definition) is 2. The third-order valence-corrected chi connectivity index (χ3v) is 4.86. The first-order chi connectivity index (χ1) is 11.2. The minimum Gasteiger partial charge on any atom is -0.355 e. The molecular formula is C16H30IN7. The zero-order chi connectivity index (χ0) is 16.2. The van der Waals surface area contributed by atoms with Crippen LogP contribution in [-0.2, 0) is 13.0 Å². The number of halogens is 1. The first kappa shape index (κ1) is 19.4. The van der Waals surface area contributed by atoms with Crippen molar-refractivity contribution in [2.45, 2.75) is 64.2 Å². The maximum Gasteiger partial charge on any atom is 0.191 e. The quantitative estimate of drug-likeness (QED) is 0.390. The van der Waals surface area contributed by atoms with Gasteiger partial charge in [0.05, 0.1) is 0 Å². The molecule has 0 bridgehead atoms. The second-order valence-corrected chi connectivity index (χ2v) is 6.65. The highest BCUT2D eigenvalue weighted by atomic mass is 127. The molecule has 0 radical (unpaired) electrons. The lowest BCUT2D eigenvalue weighted by Gasteiger charge is -2.20. The molecule has 2 aliphatic rings. The van der Waals surface area contributed by atoms with Gasteiger partial charge in [-0.3, -0.25) is 9.89 Å². The zero-order valence-electron chi connectivity index (χ0n) is 14.9. The van der Waals surface area contributed by atoms with Crippen molar-refractivity contribution in [1.29, 1.82) is 0 Å². The summed E-state index contributed by atoms with van der Waals surface area (Å²) in [5.41, 5.74) is 0. The van der Waals surface area contributed by atoms with Gasteiger partial charge < -0.3 is 15.2 Å². The molecule has 0 spiro atoms. The molecule has 136 valence electrons. The van der Waals surface area contributed by atoms with Gasteiger partial charge in [-0.2, -0.15) is 0 Å². The summed E-state index contributed by atoms with van der Waals surface area (Å²) >= 11 is 0. The molecule has 2 heterocycles. The lowest BCUT2D eigenvalue weighted by molar-refractivity contribution is 0.256. The highest BCUT2D eigenvalue weighted by molar-refractivity contribution is 14.0. The lowest BCUT2D eigenvalue weighted by Crippen LogP contribution is -2.45. The Bertz CT molecular complexity index is 540. The summed E-state index contributed by atoms with van der Waals surface area (Å²) in [5, 5.41) is 15.1. The summed E-state index contributed by atoms with van der Waals surface area (Å²) in [5.74, 6) is 1.92. The van der Waals surface area contributed by atoms with Gasteiger partial charge in [-0.1, -0.05) is 6.92 Å². The highest BCUT2D eigenvalue weighted by Gasteiger charge is 2.38. The summed E-state index contributed by atoms with van der Waals surface area (Å²) < 4.78 is 2.09. The molecule has 2 N–H and O–H groups in total. The van der Waals surface area contributed by atoms with Gasteiger partial charge >= 0.3 is 0 Å². The van der Waals surface area contributed by atoms with Crippen molar-refractivity contribution >= 4 is 29.9 Å². The van der Waals surface area contributed by atoms with Crippen LogP contribution in [0.2, 0.25) is 0 Å². The van der Waals surface area contributed by atoms with Crippen LogP contribution in [0.15, 0.2) is 11.3 Å². The van der Waals surface area contributed by atoms with E-state index in [0.717, 1.165) is 43.9 Å². The van der Waals surface area contributed by atoms with E-state index in [1.807, 2.05) is 7.05 Å². The van der Waals surface area contributed by atoms with E-state index in [0.29, 0.717) is 12.1 Å². The predicted molar refractivity (Wildman–Crippen MR) is 107 cm³/mol. The Hall–Kier alpha value is -0.900. The Balaban J connectivity index is 0.00000208. The standard InChI is InChI=1S/C16H29N7.HI/c1-4-15-21-19-11-22(15)8-7-18-16(17-3)20-13-9-12(2)23(10-13)14-5-6-14;/h11-14H,4-10H2,1-3H3,(H2,17,18,20);1H. The SMILES string of the molecule is CCc1nncn1CCNC(=NC)NC1CC(C)N(C2CC2)C1.I. The second kappa shape index (κ2) is 8.98. The topological polar surface area (TPSA) is 70.4 Å². The third-order valence-electron chi connectivity index (χ3n) is 4.86. The van der Waals surface area contributed by atoms with Crippen LogP contribution >= 0.6 is 24.0 Å². The molecule has 7 nitrogen and oxygen atoms in total. The number of nitrogens with zero attached hydrogens (tertiary/aromatic N) is 5. The molecule has 2 atom stereocenters. The predicted octanol–water partition coefficient (Wildman–Crippen LogP) is 1.25. The largest absolute Gasteiger partial charge is 0.355 e. The molecule has 8 heteroatoms. The Kier molecular flexibility index (Phi) is 7.27. The molecule has 2 unspecified atom stereocenters. The van der Waals surface area contributed by atoms with Gasteiger partial charge in [0, 0.05) is 51.2 Å². The van der Waals surface area contributed by atoms with Gasteiger partial charge in [-0.25, -0.2) is 0 Å². The molecule has 1 aliphatic carbocycles. The summed E-state index contributed by atoms with van der Waals surface area (Å²) in [6.45, 7) is 7.25. The van der Waals surface area contributed by atoms with Gasteiger partial charge in [0.1, 0.15) is 12.2 Å². The summed E-state index contributed by atoms with van der Waals surface area (Å²) in [4.78, 5) is 7.01. The minimum absolute atomic E-state index is 0. The van der Waals surface area contributed by atoms with E-state index < -0.39 is 0 Å². The average Bonchev–Trinajstić information content (AvgIpc) is 3.18. The van der Waals surface area contributed by atoms with Crippen LogP contribution in [0.25, 0.3) is 0 Å². The number of nitrogens with one attached hydrogen (secondary N) is 2. The Labute approximate surface area is 161 Å². The van der Waals surface area contributed by atoms with Crippen LogP contribution in [-0.4, -0.2) is 63.9 Å². The van der Waals surface area contributed by atoms with Crippen LogP contribution in [0.1, 0.15) is 38.9 Å². The summed E-state index contributed by atoms with van der Waals surface area (Å²) in [6.07, 6.45) is 6.65. The molecule has 24 heavy (non-hydrogen) atoms. The maximum atomic E-state index is 4.36. The van der Waals surface area contributed by atoms with E-state index in [4.69, 9.17) is 0 Å². The molecule has 3 rings (SSSR count). The Morgan fingerprint density at radius 3 is 2.88 bits per heavy atom. The van der Waals surface area contributed by atoms with Crippen LogP contribution in [0.4, 0.5) is 0 Å². The Morgan fingerprint density at radius 1 is 1.42 bits per heavy atom. The van der Waals surface area contributed by atoms with Crippen LogP contribution in [0.5, 0.6) is 0 Å². The van der Waals surface area contributed by atoms with Crippen molar-refractivity contribution in [2.24, 2.45) is 4.99 Å². The number of rotatable bonds is 6. The van der Waals surface area contributed by atoms with E-state index in [9.17, 15) is 0 Å². The van der Waals surface area contributed by atoms with E-state index >= 15 is 0 Å². The van der Waals surface area contributed by atoms with E-state index in [1.54, 1.807) is 6.33 Å². The van der Waals surface area contributed by atoms with Gasteiger partial charge in [-0.15, -0.1) is 34.2 Å². The Morgan fingerprint density at radius 2 is 2.21 bits per heavy atom. The number of aromatic nitrogens is 3. The van der Waals surface area contributed by atoms with Crippen LogP contribution < -0.4 is 10.6 Å². The summed E-state index contributed by atoms with van der Waals surface area (Å²) in [6, 6.07) is 2.02. The van der Waals surface area contributed by atoms with Gasteiger partial charge in [0.15, 0.2) is 5.96 Å². The number of aryl methyl sites for hydroxylation is 1. The van der Waals surface area contributed by atoms with Gasteiger partial charge in [0.25, 0.3) is 0 Å². The fourth-order valence-corrected chi connectivity index (χ4v) is 3.50. The molecule has 1 aromatic rings. The van der Waals surface area contributed by atoms with E-state index in [2.05, 4.69) is 49.1 Å². The molecule has 1 aliphatic heterocycles. The normalized spacial score (nSPS) is 24.7. The summed E-state index contributed by atoms with van der Waals surface area (Å²) in [7, 11) is 1.84. The van der Waals surface area contributed by atoms with Crippen molar-refractivity contribution in [3.63, 3.8) is 0 Å². The number of hydrogen-bond acceptors (Lipinski definition) is 4. The number of aliphatic imine (C=N–C) groups is 1. The maximum absolute atomic E-state index is 4.36. The first-order valence-electron chi connectivity index (χ1n) is 8.80. The molecule has 1 aromatic heterocycles. The minimum atomic E-state index is 0. The third kappa shape index (κ3) is 4.81. The number of guanidine groups is 1. The average molecular weight is 447 g/mol. The van der Waals surface area contributed by atoms with Crippen molar-refractivity contribution in [3.8, 4) is 0 Å². The molecule has 2 fully saturated rings. The molecule has 1 saturated heterocycles. The van der Waals surface area contributed by atoms with Crippen molar-refractivity contribution < 1.29 is 0 Å². The van der Waals surface area contributed by atoms with Crippen molar-refractivity contribution in [2.75, 3.05) is 20.1 Å². The first-order valence-corrected chi connectivity index (χ1v) is 8.80. The zero-order valence-corrected chi connectivity index (χ0v) is 17.2. The fourth-order valence-electron chi connectivity index (χ4n) is 3.50. The fraction of sp³-hybridized carbons (Fsp3) is 0.812. The molecule has 0 amide bonds. The highest BCUT2D eigenvalue weighted by Crippen LogP contribution is 2.33. The lowest BCUT2D eigenvalue weighted by atomic mass is 10.2. The molecule has 0 aromatic carbocycles. The second-order valence-electron chi connectivity index (χ2n) is 6.65. The van der Waals surface area contributed by atoms with Crippen molar-refractivity contribution in [1.82, 2.24) is 30.3 Å². The molecular weight excluding hydrogens is 417 g/mol. The van der Waals surface area contributed by atoms with Crippen molar-refractivity contribution in [3.05, 3.63) is 12.2 Å². The smallest absolute Gasteiger partial charge is 0.191 e. The van der Waals surface area contributed by atoms with Crippen LogP contribution in [0, 0.1) is 0 Å². The van der Waals surface area contributed by atoms with Gasteiger partial charge in [-0.05, 0) is 26.2 Å². The van der Waals surface area contributed by atoms with Crippen LogP contribution in [0.3, 0.4) is 0 Å². The number of likely N-dealkylation sites (tertiary alicyclic amines) is 1. The van der Waals surface area contributed by atoms with E-state index in [1.165, 1.54) is 19.3 Å². The monoisotopic (exact) mass is 447 g/mol. The van der Waals surface area contributed by atoms with E-state index in [-0.39, 0.29) is 24.0 Å².